The molecule has 5 rings (SSSR count). The molecule has 1 atom stereocenters. The zero-order valence-electron chi connectivity index (χ0n) is 19.8. The normalized spacial score (nSPS) is 23.4. The van der Waals surface area contributed by atoms with Crippen molar-refractivity contribution in [2.45, 2.75) is 50.0 Å². The summed E-state index contributed by atoms with van der Waals surface area (Å²) in [6, 6.07) is 13.8. The molecule has 3 aliphatic rings. The molecule has 176 valence electrons. The van der Waals surface area contributed by atoms with Crippen molar-refractivity contribution < 1.29 is 13.2 Å². The number of likely N-dealkylation sites (N-methyl/N-ethyl adjacent to an activating group) is 1. The number of carbonyl (C=O) groups is 1. The van der Waals surface area contributed by atoms with Crippen molar-refractivity contribution in [3.8, 4) is 0 Å². The van der Waals surface area contributed by atoms with Crippen molar-refractivity contribution >= 4 is 21.6 Å². The van der Waals surface area contributed by atoms with E-state index in [4.69, 9.17) is 0 Å². The Balaban J connectivity index is 1.32. The number of carbonyl (C=O) groups excluding carboxylic acids is 1. The van der Waals surface area contributed by atoms with E-state index in [1.165, 1.54) is 11.1 Å². The van der Waals surface area contributed by atoms with Crippen LogP contribution in [0, 0.1) is 5.92 Å². The van der Waals surface area contributed by atoms with E-state index in [-0.39, 0.29) is 5.91 Å². The quantitative estimate of drug-likeness (QED) is 0.692. The van der Waals surface area contributed by atoms with Gasteiger partial charge in [-0.1, -0.05) is 24.3 Å². The van der Waals surface area contributed by atoms with Crippen molar-refractivity contribution in [3.05, 3.63) is 59.2 Å². The number of anilines is 1. The Bertz CT molecular complexity index is 1190. The first-order chi connectivity index (χ1) is 15.7. The van der Waals surface area contributed by atoms with Crippen molar-refractivity contribution in [1.29, 1.82) is 0 Å². The lowest BCUT2D eigenvalue weighted by Crippen LogP contribution is -2.44. The minimum absolute atomic E-state index is 0.00631. The minimum atomic E-state index is -3.61. The molecule has 2 aromatic rings. The summed E-state index contributed by atoms with van der Waals surface area (Å²) in [7, 11) is -1.86. The second kappa shape index (κ2) is 8.22. The molecule has 1 fully saturated rings. The monoisotopic (exact) mass is 467 g/mol. The SMILES string of the molecule is CN1C(=O)C(C)(C)c2cc(S(=O)(=O)N3CCC[C@H](CN4CCc5ccccc5C4)C3)ccc21. The van der Waals surface area contributed by atoms with E-state index in [0.717, 1.165) is 50.1 Å². The largest absolute Gasteiger partial charge is 0.314 e. The van der Waals surface area contributed by atoms with Crippen molar-refractivity contribution in [2.75, 3.05) is 38.1 Å². The molecule has 33 heavy (non-hydrogen) atoms. The Kier molecular flexibility index (Phi) is 5.62. The molecule has 6 nitrogen and oxygen atoms in total. The molecule has 0 bridgehead atoms. The van der Waals surface area contributed by atoms with Crippen LogP contribution in [0.15, 0.2) is 47.4 Å². The van der Waals surface area contributed by atoms with Gasteiger partial charge in [-0.3, -0.25) is 9.69 Å². The highest BCUT2D eigenvalue weighted by atomic mass is 32.2. The van der Waals surface area contributed by atoms with Gasteiger partial charge in [-0.15, -0.1) is 0 Å². The van der Waals surface area contributed by atoms with E-state index >= 15 is 0 Å². The van der Waals surface area contributed by atoms with Crippen molar-refractivity contribution in [3.63, 3.8) is 0 Å². The minimum Gasteiger partial charge on any atom is -0.314 e. The molecule has 0 aromatic heterocycles. The second-order valence-corrected chi connectivity index (χ2v) is 12.2. The Morgan fingerprint density at radius 2 is 1.82 bits per heavy atom. The number of nitrogens with zero attached hydrogens (tertiary/aromatic N) is 3. The van der Waals surface area contributed by atoms with Gasteiger partial charge in [-0.25, -0.2) is 8.42 Å². The lowest BCUT2D eigenvalue weighted by molar-refractivity contribution is -0.121. The summed E-state index contributed by atoms with van der Waals surface area (Å²) in [4.78, 5) is 17.0. The lowest BCUT2D eigenvalue weighted by atomic mass is 9.86. The van der Waals surface area contributed by atoms with Crippen LogP contribution in [0.2, 0.25) is 0 Å². The van der Waals surface area contributed by atoms with E-state index in [1.54, 1.807) is 34.5 Å². The number of rotatable bonds is 4. The number of fused-ring (bicyclic) bond motifs is 2. The highest BCUT2D eigenvalue weighted by Gasteiger charge is 2.43. The average Bonchev–Trinajstić information content (AvgIpc) is 2.99. The fourth-order valence-electron chi connectivity index (χ4n) is 5.73. The van der Waals surface area contributed by atoms with Crippen LogP contribution in [0.25, 0.3) is 0 Å². The standard InChI is InChI=1S/C26H33N3O3S/c1-26(2)23-15-22(10-11-24(23)27(3)25(26)30)33(31,32)29-13-6-7-19(17-29)16-28-14-12-20-8-4-5-9-21(20)18-28/h4-5,8-11,15,19H,6-7,12-14,16-18H2,1-3H3/t19-/m1/s1. The maximum Gasteiger partial charge on any atom is 0.243 e. The fourth-order valence-corrected chi connectivity index (χ4v) is 7.31. The molecule has 0 aliphatic carbocycles. The van der Waals surface area contributed by atoms with Crippen LogP contribution in [0.1, 0.15) is 43.4 Å². The van der Waals surface area contributed by atoms with Crippen LogP contribution in [0.5, 0.6) is 0 Å². The number of sulfonamides is 1. The Morgan fingerprint density at radius 3 is 2.61 bits per heavy atom. The molecule has 0 saturated carbocycles. The predicted octanol–water partition coefficient (Wildman–Crippen LogP) is 3.40. The van der Waals surface area contributed by atoms with E-state index in [0.29, 0.717) is 23.9 Å². The Morgan fingerprint density at radius 1 is 1.06 bits per heavy atom. The van der Waals surface area contributed by atoms with Crippen molar-refractivity contribution in [1.82, 2.24) is 9.21 Å². The third-order valence-corrected chi connectivity index (χ3v) is 9.55. The smallest absolute Gasteiger partial charge is 0.243 e. The summed E-state index contributed by atoms with van der Waals surface area (Å²) >= 11 is 0. The topological polar surface area (TPSA) is 60.9 Å². The van der Waals surface area contributed by atoms with Crippen LogP contribution < -0.4 is 4.90 Å². The first-order valence-corrected chi connectivity index (χ1v) is 13.3. The molecule has 3 aliphatic heterocycles. The Hall–Kier alpha value is -2.22. The zero-order chi connectivity index (χ0) is 23.4. The summed E-state index contributed by atoms with van der Waals surface area (Å²) in [5.41, 5.74) is 3.70. The van der Waals surface area contributed by atoms with Crippen LogP contribution in [-0.4, -0.2) is 56.8 Å². The van der Waals surface area contributed by atoms with E-state index in [9.17, 15) is 13.2 Å². The fraction of sp³-hybridized carbons (Fsp3) is 0.500. The summed E-state index contributed by atoms with van der Waals surface area (Å²) in [6.07, 6.45) is 3.00. The first-order valence-electron chi connectivity index (χ1n) is 11.9. The maximum absolute atomic E-state index is 13.6. The molecule has 0 N–H and O–H groups in total. The third kappa shape index (κ3) is 3.90. The van der Waals surface area contributed by atoms with Crippen molar-refractivity contribution in [2.24, 2.45) is 5.92 Å². The number of hydrogen-bond donors (Lipinski definition) is 0. The molecule has 1 saturated heterocycles. The highest BCUT2D eigenvalue weighted by Crippen LogP contribution is 2.42. The van der Waals surface area contributed by atoms with Gasteiger partial charge in [0.05, 0.1) is 10.3 Å². The van der Waals surface area contributed by atoms with Gasteiger partial charge in [-0.2, -0.15) is 4.31 Å². The second-order valence-electron chi connectivity index (χ2n) is 10.3. The molecule has 3 heterocycles. The van der Waals surface area contributed by atoms with E-state index in [2.05, 4.69) is 29.2 Å². The van der Waals surface area contributed by atoms with Gasteiger partial charge in [-0.05, 0) is 73.9 Å². The number of benzene rings is 2. The summed E-state index contributed by atoms with van der Waals surface area (Å²) in [5, 5.41) is 0. The van der Waals surface area contributed by atoms with Gasteiger partial charge in [0.15, 0.2) is 0 Å². The van der Waals surface area contributed by atoms with Gasteiger partial charge in [0.25, 0.3) is 0 Å². The molecule has 0 radical (unpaired) electrons. The number of piperidine rings is 1. The summed E-state index contributed by atoms with van der Waals surface area (Å²) < 4.78 is 28.8. The van der Waals surface area contributed by atoms with Crippen LogP contribution >= 0.6 is 0 Å². The zero-order valence-corrected chi connectivity index (χ0v) is 20.6. The predicted molar refractivity (Wildman–Crippen MR) is 130 cm³/mol. The summed E-state index contributed by atoms with van der Waals surface area (Å²) in [6.45, 7) is 7.74. The number of amides is 1. The van der Waals surface area contributed by atoms with Crippen LogP contribution in [0.4, 0.5) is 5.69 Å². The highest BCUT2D eigenvalue weighted by molar-refractivity contribution is 7.89. The maximum atomic E-state index is 13.6. The van der Waals surface area contributed by atoms with Crippen LogP contribution in [0.3, 0.4) is 0 Å². The molecule has 2 aromatic carbocycles. The van der Waals surface area contributed by atoms with Gasteiger partial charge in [0.1, 0.15) is 0 Å². The average molecular weight is 468 g/mol. The molecule has 1 amide bonds. The van der Waals surface area contributed by atoms with Gasteiger partial charge < -0.3 is 4.90 Å². The van der Waals surface area contributed by atoms with Gasteiger partial charge >= 0.3 is 0 Å². The van der Waals surface area contributed by atoms with E-state index < -0.39 is 15.4 Å². The summed E-state index contributed by atoms with van der Waals surface area (Å²) in [5.74, 6) is 0.325. The molecule has 0 unspecified atom stereocenters. The van der Waals surface area contributed by atoms with Gasteiger partial charge in [0, 0.05) is 45.5 Å². The molecule has 0 spiro atoms. The van der Waals surface area contributed by atoms with Gasteiger partial charge in [0.2, 0.25) is 15.9 Å². The third-order valence-electron chi connectivity index (χ3n) is 7.69. The lowest BCUT2D eigenvalue weighted by Gasteiger charge is -2.36. The van der Waals surface area contributed by atoms with E-state index in [1.807, 2.05) is 13.8 Å². The molecular weight excluding hydrogens is 434 g/mol. The van der Waals surface area contributed by atoms with Crippen LogP contribution in [-0.2, 0) is 33.2 Å². The Labute approximate surface area is 197 Å². The molecular formula is C26H33N3O3S. The first kappa shape index (κ1) is 22.6. The molecule has 7 heteroatoms. The number of hydrogen-bond acceptors (Lipinski definition) is 4.